The lowest BCUT2D eigenvalue weighted by Gasteiger charge is -2.24. The molecule has 2 fully saturated rings. The van der Waals surface area contributed by atoms with E-state index in [1.807, 2.05) is 35.4 Å². The molecule has 5 rings (SSSR count). The van der Waals surface area contributed by atoms with Crippen LogP contribution in [0.3, 0.4) is 0 Å². The van der Waals surface area contributed by atoms with Crippen molar-refractivity contribution in [1.82, 2.24) is 29.7 Å². The van der Waals surface area contributed by atoms with Crippen LogP contribution >= 0.6 is 11.3 Å². The Morgan fingerprint density at radius 2 is 1.93 bits per heavy atom. The van der Waals surface area contributed by atoms with Gasteiger partial charge in [0.15, 0.2) is 11.5 Å². The van der Waals surface area contributed by atoms with Crippen molar-refractivity contribution in [2.45, 2.75) is 45.4 Å². The monoisotopic (exact) mass is 411 g/mol. The highest BCUT2D eigenvalue weighted by atomic mass is 32.1. The SMILES string of the molecule is Cc1nc(C)c(C(=O)N2CCCN(c3ccc4nnc(C5CCC5)n4n3)CC2)s1. The van der Waals surface area contributed by atoms with E-state index in [0.717, 1.165) is 58.9 Å². The van der Waals surface area contributed by atoms with Crippen molar-refractivity contribution >= 4 is 28.7 Å². The fourth-order valence-corrected chi connectivity index (χ4v) is 5.00. The lowest BCUT2D eigenvalue weighted by molar-refractivity contribution is 0.0771. The molecule has 2 aliphatic rings. The zero-order chi connectivity index (χ0) is 20.0. The number of carbonyl (C=O) groups excluding carboxylic acids is 1. The molecule has 1 saturated heterocycles. The second kappa shape index (κ2) is 7.37. The van der Waals surface area contributed by atoms with E-state index in [4.69, 9.17) is 5.10 Å². The first-order chi connectivity index (χ1) is 14.1. The van der Waals surface area contributed by atoms with E-state index in [0.29, 0.717) is 12.5 Å². The van der Waals surface area contributed by atoms with Gasteiger partial charge in [-0.05, 0) is 45.2 Å². The standard InChI is InChI=1S/C20H25N7OS/c1-13-18(29-14(2)21-13)20(28)26-10-4-9-25(11-12-26)17-8-7-16-22-23-19(27(16)24-17)15-5-3-6-15/h7-8,15H,3-6,9-12H2,1-2H3. The first kappa shape index (κ1) is 18.5. The smallest absolute Gasteiger partial charge is 0.265 e. The molecule has 1 amide bonds. The Labute approximate surface area is 173 Å². The van der Waals surface area contributed by atoms with Crippen LogP contribution in [0.15, 0.2) is 12.1 Å². The molecular formula is C20H25N7OS. The van der Waals surface area contributed by atoms with E-state index in [1.54, 1.807) is 0 Å². The zero-order valence-corrected chi connectivity index (χ0v) is 17.7. The maximum atomic E-state index is 13.0. The Morgan fingerprint density at radius 3 is 2.66 bits per heavy atom. The molecule has 0 atom stereocenters. The molecule has 0 N–H and O–H groups in total. The summed E-state index contributed by atoms with van der Waals surface area (Å²) < 4.78 is 1.91. The van der Waals surface area contributed by atoms with Crippen LogP contribution < -0.4 is 4.90 Å². The molecule has 1 aliphatic carbocycles. The van der Waals surface area contributed by atoms with Crippen molar-refractivity contribution < 1.29 is 4.79 Å². The van der Waals surface area contributed by atoms with Crippen molar-refractivity contribution in [3.63, 3.8) is 0 Å². The molecule has 152 valence electrons. The summed E-state index contributed by atoms with van der Waals surface area (Å²) in [6.07, 6.45) is 4.52. The van der Waals surface area contributed by atoms with Crippen molar-refractivity contribution in [3.05, 3.63) is 33.5 Å². The molecule has 29 heavy (non-hydrogen) atoms. The number of aromatic nitrogens is 5. The molecule has 1 aliphatic heterocycles. The predicted molar refractivity (Wildman–Crippen MR) is 112 cm³/mol. The summed E-state index contributed by atoms with van der Waals surface area (Å²) in [4.78, 5) is 22.4. The lowest BCUT2D eigenvalue weighted by atomic mass is 9.85. The minimum Gasteiger partial charge on any atom is -0.353 e. The van der Waals surface area contributed by atoms with Crippen molar-refractivity contribution in [2.24, 2.45) is 0 Å². The maximum absolute atomic E-state index is 13.0. The van der Waals surface area contributed by atoms with Gasteiger partial charge in [-0.15, -0.1) is 26.6 Å². The third-order valence-corrected chi connectivity index (χ3v) is 7.01. The van der Waals surface area contributed by atoms with Gasteiger partial charge in [0.2, 0.25) is 0 Å². The van der Waals surface area contributed by atoms with Gasteiger partial charge in [-0.1, -0.05) is 6.42 Å². The highest BCUT2D eigenvalue weighted by Gasteiger charge is 2.27. The summed E-state index contributed by atoms with van der Waals surface area (Å²) in [5.74, 6) is 2.49. The molecule has 4 heterocycles. The Morgan fingerprint density at radius 1 is 1.07 bits per heavy atom. The van der Waals surface area contributed by atoms with Crippen LogP contribution in [0.5, 0.6) is 0 Å². The number of amides is 1. The van der Waals surface area contributed by atoms with Crippen molar-refractivity contribution in [3.8, 4) is 0 Å². The normalized spacial score (nSPS) is 18.1. The number of rotatable bonds is 3. The van der Waals surface area contributed by atoms with E-state index in [-0.39, 0.29) is 5.91 Å². The van der Waals surface area contributed by atoms with Crippen LogP contribution in [0.25, 0.3) is 5.65 Å². The molecule has 1 saturated carbocycles. The third-order valence-electron chi connectivity index (χ3n) is 5.95. The summed E-state index contributed by atoms with van der Waals surface area (Å²) in [5, 5.41) is 14.5. The Hall–Kier alpha value is -2.55. The first-order valence-corrected chi connectivity index (χ1v) is 11.1. The minimum absolute atomic E-state index is 0.101. The van der Waals surface area contributed by atoms with Gasteiger partial charge >= 0.3 is 0 Å². The number of hydrogen-bond donors (Lipinski definition) is 0. The van der Waals surface area contributed by atoms with Gasteiger partial charge in [0.25, 0.3) is 5.91 Å². The van der Waals surface area contributed by atoms with Gasteiger partial charge in [0.1, 0.15) is 10.7 Å². The van der Waals surface area contributed by atoms with Crippen molar-refractivity contribution in [2.75, 3.05) is 31.1 Å². The van der Waals surface area contributed by atoms with Gasteiger partial charge in [0.05, 0.1) is 10.7 Å². The first-order valence-electron chi connectivity index (χ1n) is 10.3. The van der Waals surface area contributed by atoms with Crippen LogP contribution in [0.4, 0.5) is 5.82 Å². The van der Waals surface area contributed by atoms with Gasteiger partial charge in [0, 0.05) is 32.1 Å². The zero-order valence-electron chi connectivity index (χ0n) is 16.8. The fourth-order valence-electron chi connectivity index (χ4n) is 4.11. The summed E-state index contributed by atoms with van der Waals surface area (Å²) in [6, 6.07) is 4.01. The Bertz CT molecular complexity index is 1050. The summed E-state index contributed by atoms with van der Waals surface area (Å²) in [7, 11) is 0. The number of aryl methyl sites for hydroxylation is 2. The highest BCUT2D eigenvalue weighted by molar-refractivity contribution is 7.13. The summed E-state index contributed by atoms with van der Waals surface area (Å²) in [5.41, 5.74) is 1.64. The third kappa shape index (κ3) is 3.37. The number of carbonyl (C=O) groups is 1. The highest BCUT2D eigenvalue weighted by Crippen LogP contribution is 2.35. The van der Waals surface area contributed by atoms with Crippen LogP contribution in [0.2, 0.25) is 0 Å². The van der Waals surface area contributed by atoms with E-state index in [2.05, 4.69) is 20.1 Å². The van der Waals surface area contributed by atoms with E-state index < -0.39 is 0 Å². The number of hydrogen-bond acceptors (Lipinski definition) is 7. The molecule has 3 aromatic heterocycles. The number of thiazole rings is 1. The van der Waals surface area contributed by atoms with Gasteiger partial charge in [-0.25, -0.2) is 4.98 Å². The number of anilines is 1. The second-order valence-electron chi connectivity index (χ2n) is 7.93. The minimum atomic E-state index is 0.101. The van der Waals surface area contributed by atoms with Crippen molar-refractivity contribution in [1.29, 1.82) is 0 Å². The molecule has 8 nitrogen and oxygen atoms in total. The predicted octanol–water partition coefficient (Wildman–Crippen LogP) is 2.82. The molecule has 0 aromatic carbocycles. The van der Waals surface area contributed by atoms with Crippen LogP contribution in [0.1, 0.15) is 57.8 Å². The summed E-state index contributed by atoms with van der Waals surface area (Å²) >= 11 is 1.49. The molecule has 0 unspecified atom stereocenters. The van der Waals surface area contributed by atoms with Crippen LogP contribution in [0, 0.1) is 13.8 Å². The average Bonchev–Trinajstić information content (AvgIpc) is 3.12. The molecule has 0 bridgehead atoms. The maximum Gasteiger partial charge on any atom is 0.265 e. The average molecular weight is 412 g/mol. The molecule has 3 aromatic rings. The largest absolute Gasteiger partial charge is 0.353 e. The van der Waals surface area contributed by atoms with E-state index >= 15 is 0 Å². The number of fused-ring (bicyclic) bond motifs is 1. The molecule has 0 spiro atoms. The Kier molecular flexibility index (Phi) is 4.69. The van der Waals surface area contributed by atoms with Gasteiger partial charge < -0.3 is 9.80 Å². The summed E-state index contributed by atoms with van der Waals surface area (Å²) in [6.45, 7) is 6.95. The second-order valence-corrected chi connectivity index (χ2v) is 9.13. The number of nitrogens with zero attached hydrogens (tertiary/aromatic N) is 7. The topological polar surface area (TPSA) is 79.5 Å². The quantitative estimate of drug-likeness (QED) is 0.659. The van der Waals surface area contributed by atoms with Gasteiger partial charge in [-0.3, -0.25) is 4.79 Å². The van der Waals surface area contributed by atoms with E-state index in [1.165, 1.54) is 30.6 Å². The van der Waals surface area contributed by atoms with E-state index in [9.17, 15) is 4.79 Å². The molecule has 9 heteroatoms. The van der Waals surface area contributed by atoms with Gasteiger partial charge in [-0.2, -0.15) is 4.52 Å². The molecule has 0 radical (unpaired) electrons. The fraction of sp³-hybridized carbons (Fsp3) is 0.550. The molecular weight excluding hydrogens is 386 g/mol. The lowest BCUT2D eigenvalue weighted by Crippen LogP contribution is -2.35. The van der Waals surface area contributed by atoms with Crippen LogP contribution in [-0.4, -0.2) is 61.8 Å². The van der Waals surface area contributed by atoms with Crippen LogP contribution in [-0.2, 0) is 0 Å². The Balaban J connectivity index is 1.34.